The molecule has 0 unspecified atom stereocenters. The van der Waals surface area contributed by atoms with Gasteiger partial charge in [-0.3, -0.25) is 0 Å². The molecular formula is C87H56BN5O. The van der Waals surface area contributed by atoms with Gasteiger partial charge in [-0.1, -0.05) is 169 Å². The molecule has 94 heavy (non-hydrogen) atoms. The van der Waals surface area contributed by atoms with Gasteiger partial charge in [0, 0.05) is 87.8 Å². The molecule has 438 valence electrons. The van der Waals surface area contributed by atoms with Crippen LogP contribution in [0.15, 0.2) is 285 Å². The SMILES string of the molecule is Cc1cc(C)c(-c2ccc3c(c2)B2c4c(cc(-c5ccccc5)cc4-n4c5ccc(-n6c7ccccc7c7cc(-n8c9ccccc9c9ccccc98)ccc76)cc5c5cc(-n6c7ccccc7c7cc(-n8c9ccccc9c9ccccc98)ccc76)cc2c54)O3)c(C)c1. The lowest BCUT2D eigenvalue weighted by Crippen LogP contribution is -2.58. The van der Waals surface area contributed by atoms with Crippen LogP contribution in [-0.4, -0.2) is 29.5 Å². The fourth-order valence-corrected chi connectivity index (χ4v) is 17.3. The predicted molar refractivity (Wildman–Crippen MR) is 394 cm³/mol. The Morgan fingerprint density at radius 3 is 1.16 bits per heavy atom. The van der Waals surface area contributed by atoms with E-state index in [-0.39, 0.29) is 6.71 Å². The summed E-state index contributed by atoms with van der Waals surface area (Å²) in [5.41, 5.74) is 29.5. The summed E-state index contributed by atoms with van der Waals surface area (Å²) in [6, 6.07) is 107. The lowest BCUT2D eigenvalue weighted by Gasteiger charge is -2.34. The largest absolute Gasteiger partial charge is 0.458 e. The molecule has 19 aromatic rings. The van der Waals surface area contributed by atoms with Crippen LogP contribution in [0.1, 0.15) is 16.7 Å². The lowest BCUT2D eigenvalue weighted by molar-refractivity contribution is 0.487. The van der Waals surface area contributed by atoms with Crippen LogP contribution in [0.5, 0.6) is 11.5 Å². The van der Waals surface area contributed by atoms with E-state index in [0.29, 0.717) is 0 Å². The van der Waals surface area contributed by atoms with Crippen molar-refractivity contribution in [3.05, 3.63) is 302 Å². The monoisotopic (exact) mass is 1200 g/mol. The molecule has 0 radical (unpaired) electrons. The molecular weight excluding hydrogens is 1140 g/mol. The van der Waals surface area contributed by atoms with Crippen molar-refractivity contribution in [3.63, 3.8) is 0 Å². The molecule has 2 aliphatic heterocycles. The summed E-state index contributed by atoms with van der Waals surface area (Å²) in [7, 11) is 0. The molecule has 7 heterocycles. The minimum absolute atomic E-state index is 0.181. The third-order valence-electron chi connectivity index (χ3n) is 20.9. The Kier molecular flexibility index (Phi) is 10.5. The van der Waals surface area contributed by atoms with Gasteiger partial charge in [0.2, 0.25) is 0 Å². The first-order chi connectivity index (χ1) is 46.4. The summed E-state index contributed by atoms with van der Waals surface area (Å²) in [6.07, 6.45) is 0. The first-order valence-corrected chi connectivity index (χ1v) is 32.7. The Morgan fingerprint density at radius 2 is 0.670 bits per heavy atom. The number of nitrogens with zero attached hydrogens (tertiary/aromatic N) is 5. The molecule has 6 nitrogen and oxygen atoms in total. The summed E-state index contributed by atoms with van der Waals surface area (Å²) in [5.74, 6) is 1.76. The molecule has 0 saturated carbocycles. The second kappa shape index (κ2) is 19.0. The minimum Gasteiger partial charge on any atom is -0.458 e. The summed E-state index contributed by atoms with van der Waals surface area (Å²) in [4.78, 5) is 0. The molecule has 0 fully saturated rings. The maximum atomic E-state index is 7.37. The average molecular weight is 1200 g/mol. The molecule has 2 aliphatic rings. The normalized spacial score (nSPS) is 12.7. The van der Waals surface area contributed by atoms with Gasteiger partial charge >= 0.3 is 0 Å². The number of hydrogen-bond donors (Lipinski definition) is 0. The van der Waals surface area contributed by atoms with Crippen LogP contribution in [0.4, 0.5) is 0 Å². The van der Waals surface area contributed by atoms with Gasteiger partial charge in [0.05, 0.1) is 49.7 Å². The molecule has 0 bridgehead atoms. The second-order valence-corrected chi connectivity index (χ2v) is 26.2. The summed E-state index contributed by atoms with van der Waals surface area (Å²) in [5, 5.41) is 12.2. The van der Waals surface area contributed by atoms with Crippen LogP contribution >= 0.6 is 0 Å². The van der Waals surface area contributed by atoms with Crippen LogP contribution in [-0.2, 0) is 0 Å². The van der Waals surface area contributed by atoms with Gasteiger partial charge in [0.1, 0.15) is 11.5 Å². The Bertz CT molecular complexity index is 6440. The van der Waals surface area contributed by atoms with E-state index in [0.717, 1.165) is 84.1 Å². The molecule has 0 atom stereocenters. The van der Waals surface area contributed by atoms with E-state index in [4.69, 9.17) is 4.74 Å². The standard InChI is InChI=1S/C87H56BN5O/c1-51-41-52(2)85(53(3)42-51)55-33-40-83-71(43-55)88-72-50-60(92-78-32-18-12-26-66(78)68-47-58(35-38-80(68)92)90-75-29-15-9-23-63(75)64-24-10-16-30-76(64)90)49-70-69-48-59(36-39-81(69)93(87(70)72)82-44-56(45-84(94-83)86(82)88)54-19-5-4-6-20-54)91-77-31-17-11-25-65(77)67-46-57(34-37-79(67)91)89-73-27-13-7-21-61(73)62-22-8-14-28-74(62)89/h4-50H,1-3H3. The number of aryl methyl sites for hydroxylation is 3. The average Bonchev–Trinajstić information content (AvgIpc) is 1.40. The number of benzene rings is 14. The number of fused-ring (bicyclic) bond motifs is 19. The van der Waals surface area contributed by atoms with E-state index in [9.17, 15) is 0 Å². The molecule has 7 heteroatoms. The first kappa shape index (κ1) is 51.7. The van der Waals surface area contributed by atoms with Gasteiger partial charge in [0.25, 0.3) is 6.71 Å². The van der Waals surface area contributed by atoms with Crippen molar-refractivity contribution in [1.82, 2.24) is 22.8 Å². The molecule has 0 aliphatic carbocycles. The van der Waals surface area contributed by atoms with Crippen molar-refractivity contribution in [2.45, 2.75) is 20.8 Å². The van der Waals surface area contributed by atoms with Crippen LogP contribution < -0.4 is 21.1 Å². The smallest absolute Gasteiger partial charge is 0.256 e. The van der Waals surface area contributed by atoms with Crippen molar-refractivity contribution >= 4 is 132 Å². The van der Waals surface area contributed by atoms with Crippen molar-refractivity contribution in [3.8, 4) is 62.2 Å². The zero-order chi connectivity index (χ0) is 61.8. The number of aromatic nitrogens is 5. The number of para-hydroxylation sites is 6. The van der Waals surface area contributed by atoms with Gasteiger partial charge in [-0.15, -0.1) is 0 Å². The van der Waals surface area contributed by atoms with Gasteiger partial charge < -0.3 is 27.6 Å². The fourth-order valence-electron chi connectivity index (χ4n) is 17.3. The highest BCUT2D eigenvalue weighted by atomic mass is 16.5. The maximum Gasteiger partial charge on any atom is 0.256 e. The van der Waals surface area contributed by atoms with Gasteiger partial charge in [-0.25, -0.2) is 0 Å². The molecule has 14 aromatic carbocycles. The van der Waals surface area contributed by atoms with E-state index >= 15 is 0 Å². The molecule has 21 rings (SSSR count). The Labute approximate surface area is 541 Å². The van der Waals surface area contributed by atoms with Gasteiger partial charge in [0.15, 0.2) is 0 Å². The summed E-state index contributed by atoms with van der Waals surface area (Å²) >= 11 is 0. The summed E-state index contributed by atoms with van der Waals surface area (Å²) in [6.45, 7) is 6.53. The van der Waals surface area contributed by atoms with Crippen molar-refractivity contribution in [2.75, 3.05) is 0 Å². The second-order valence-electron chi connectivity index (χ2n) is 26.2. The lowest BCUT2D eigenvalue weighted by atomic mass is 9.34. The third-order valence-corrected chi connectivity index (χ3v) is 20.9. The molecule has 0 N–H and O–H groups in total. The van der Waals surface area contributed by atoms with E-state index in [1.807, 2.05) is 0 Å². The Balaban J connectivity index is 0.853. The first-order valence-electron chi connectivity index (χ1n) is 32.7. The van der Waals surface area contributed by atoms with Gasteiger partial charge in [-0.05, 0) is 192 Å². The number of rotatable bonds is 6. The van der Waals surface area contributed by atoms with E-state index in [1.165, 1.54) is 120 Å². The molecule has 0 amide bonds. The fraction of sp³-hybridized carbons (Fsp3) is 0.0345. The van der Waals surface area contributed by atoms with Crippen LogP contribution in [0.3, 0.4) is 0 Å². The highest BCUT2D eigenvalue weighted by Crippen LogP contribution is 2.46. The molecule has 5 aromatic heterocycles. The van der Waals surface area contributed by atoms with Gasteiger partial charge in [-0.2, -0.15) is 0 Å². The summed E-state index contributed by atoms with van der Waals surface area (Å²) < 4.78 is 19.8. The Morgan fingerprint density at radius 1 is 0.266 bits per heavy atom. The zero-order valence-electron chi connectivity index (χ0n) is 51.9. The predicted octanol–water partition coefficient (Wildman–Crippen LogP) is 20.4. The quantitative estimate of drug-likeness (QED) is 0.153. The van der Waals surface area contributed by atoms with Crippen molar-refractivity contribution < 1.29 is 4.74 Å². The third kappa shape index (κ3) is 7.04. The number of hydrogen-bond acceptors (Lipinski definition) is 1. The van der Waals surface area contributed by atoms with E-state index in [1.54, 1.807) is 0 Å². The van der Waals surface area contributed by atoms with Crippen molar-refractivity contribution in [2.24, 2.45) is 0 Å². The van der Waals surface area contributed by atoms with Crippen LogP contribution in [0, 0.1) is 20.8 Å². The van der Waals surface area contributed by atoms with E-state index in [2.05, 4.69) is 329 Å². The van der Waals surface area contributed by atoms with Crippen LogP contribution in [0.2, 0.25) is 0 Å². The maximum absolute atomic E-state index is 7.37. The minimum atomic E-state index is -0.181. The number of ether oxygens (including phenoxy) is 1. The zero-order valence-corrected chi connectivity index (χ0v) is 51.9. The molecule has 0 saturated heterocycles. The Hall–Kier alpha value is -12.1. The molecule has 0 spiro atoms. The van der Waals surface area contributed by atoms with Crippen molar-refractivity contribution in [1.29, 1.82) is 0 Å². The van der Waals surface area contributed by atoms with Crippen LogP contribution in [0.25, 0.3) is 160 Å². The topological polar surface area (TPSA) is 33.9 Å². The highest BCUT2D eigenvalue weighted by molar-refractivity contribution is 6.99. The van der Waals surface area contributed by atoms with E-state index < -0.39 is 0 Å². The highest BCUT2D eigenvalue weighted by Gasteiger charge is 2.42.